The molecular weight excluding hydrogens is 276 g/mol. The molecule has 0 bridgehead atoms. The van der Waals surface area contributed by atoms with Gasteiger partial charge >= 0.3 is 0 Å². The standard InChI is InChI=1S/C17H22N4O/c1-12-10-19-21(11-12)16-5-3-14(4-6-16)17(22)20-8-7-15(18)9-13(20)2/h3-6,10-11,13,15H,7-9,18H2,1-2H3/t13-,15-/m1/s1. The molecule has 2 atom stereocenters. The molecule has 3 rings (SSSR count). The van der Waals surface area contributed by atoms with Crippen LogP contribution in [0.5, 0.6) is 0 Å². The zero-order valence-electron chi connectivity index (χ0n) is 13.1. The highest BCUT2D eigenvalue weighted by molar-refractivity contribution is 5.94. The molecule has 0 aliphatic carbocycles. The highest BCUT2D eigenvalue weighted by atomic mass is 16.2. The topological polar surface area (TPSA) is 64.2 Å². The zero-order valence-corrected chi connectivity index (χ0v) is 13.1. The molecule has 0 radical (unpaired) electrons. The lowest BCUT2D eigenvalue weighted by Crippen LogP contribution is -2.48. The number of carbonyl (C=O) groups excluding carboxylic acids is 1. The Labute approximate surface area is 130 Å². The number of nitrogens with two attached hydrogens (primary N) is 1. The van der Waals surface area contributed by atoms with Crippen molar-refractivity contribution in [1.29, 1.82) is 0 Å². The summed E-state index contributed by atoms with van der Waals surface area (Å²) < 4.78 is 1.81. The van der Waals surface area contributed by atoms with E-state index in [4.69, 9.17) is 5.73 Å². The molecule has 2 N–H and O–H groups in total. The molecule has 2 aromatic rings. The molecule has 1 aromatic carbocycles. The summed E-state index contributed by atoms with van der Waals surface area (Å²) in [5, 5.41) is 4.28. The molecule has 1 aromatic heterocycles. The summed E-state index contributed by atoms with van der Waals surface area (Å²) in [6, 6.07) is 8.01. The Morgan fingerprint density at radius 2 is 2.05 bits per heavy atom. The van der Waals surface area contributed by atoms with E-state index in [0.717, 1.165) is 36.2 Å². The molecule has 0 unspecified atom stereocenters. The van der Waals surface area contributed by atoms with Gasteiger partial charge in [0.25, 0.3) is 5.91 Å². The largest absolute Gasteiger partial charge is 0.336 e. The predicted molar refractivity (Wildman–Crippen MR) is 86.0 cm³/mol. The van der Waals surface area contributed by atoms with Gasteiger partial charge in [-0.1, -0.05) is 0 Å². The van der Waals surface area contributed by atoms with Crippen molar-refractivity contribution in [2.24, 2.45) is 5.73 Å². The van der Waals surface area contributed by atoms with Crippen LogP contribution in [-0.2, 0) is 0 Å². The maximum atomic E-state index is 12.6. The smallest absolute Gasteiger partial charge is 0.254 e. The summed E-state index contributed by atoms with van der Waals surface area (Å²) in [4.78, 5) is 14.6. The molecule has 1 fully saturated rings. The molecule has 1 aliphatic heterocycles. The third kappa shape index (κ3) is 2.90. The highest BCUT2D eigenvalue weighted by Crippen LogP contribution is 2.19. The molecule has 116 valence electrons. The Hall–Kier alpha value is -2.14. The molecule has 0 saturated carbocycles. The van der Waals surface area contributed by atoms with Gasteiger partial charge in [-0.05, 0) is 56.5 Å². The number of aryl methyl sites for hydroxylation is 1. The molecule has 1 amide bonds. The minimum Gasteiger partial charge on any atom is -0.336 e. The Morgan fingerprint density at radius 3 is 2.64 bits per heavy atom. The maximum Gasteiger partial charge on any atom is 0.254 e. The minimum atomic E-state index is 0.0857. The predicted octanol–water partition coefficient (Wildman–Crippen LogP) is 2.13. The first-order valence-corrected chi connectivity index (χ1v) is 7.73. The van der Waals surface area contributed by atoms with Crippen LogP contribution >= 0.6 is 0 Å². The van der Waals surface area contributed by atoms with Crippen LogP contribution in [0.4, 0.5) is 0 Å². The van der Waals surface area contributed by atoms with Gasteiger partial charge in [0.2, 0.25) is 0 Å². The number of hydrogen-bond donors (Lipinski definition) is 1. The van der Waals surface area contributed by atoms with Crippen LogP contribution in [0.1, 0.15) is 35.7 Å². The van der Waals surface area contributed by atoms with Crippen molar-refractivity contribution in [2.75, 3.05) is 6.54 Å². The number of aromatic nitrogens is 2. The molecule has 1 saturated heterocycles. The third-order valence-corrected chi connectivity index (χ3v) is 4.27. The van der Waals surface area contributed by atoms with E-state index in [9.17, 15) is 4.79 Å². The van der Waals surface area contributed by atoms with E-state index in [0.29, 0.717) is 0 Å². The average molecular weight is 298 g/mol. The number of amides is 1. The fraction of sp³-hybridized carbons (Fsp3) is 0.412. The Bertz CT molecular complexity index is 662. The van der Waals surface area contributed by atoms with E-state index >= 15 is 0 Å². The molecule has 2 heterocycles. The van der Waals surface area contributed by atoms with E-state index in [1.165, 1.54) is 0 Å². The first kappa shape index (κ1) is 14.8. The van der Waals surface area contributed by atoms with Gasteiger partial charge in [-0.25, -0.2) is 4.68 Å². The SMILES string of the molecule is Cc1cnn(-c2ccc(C(=O)N3CC[C@@H](N)C[C@H]3C)cc2)c1. The fourth-order valence-electron chi connectivity index (χ4n) is 2.99. The quantitative estimate of drug-likeness (QED) is 0.924. The second kappa shape index (κ2) is 5.93. The maximum absolute atomic E-state index is 12.6. The number of hydrogen-bond acceptors (Lipinski definition) is 3. The summed E-state index contributed by atoms with van der Waals surface area (Å²) >= 11 is 0. The lowest BCUT2D eigenvalue weighted by molar-refractivity contribution is 0.0619. The number of likely N-dealkylation sites (tertiary alicyclic amines) is 1. The molecule has 1 aliphatic rings. The van der Waals surface area contributed by atoms with E-state index in [-0.39, 0.29) is 18.0 Å². The number of carbonyl (C=O) groups is 1. The van der Waals surface area contributed by atoms with E-state index in [1.807, 2.05) is 53.2 Å². The van der Waals surface area contributed by atoms with E-state index in [2.05, 4.69) is 12.0 Å². The molecule has 5 heteroatoms. The van der Waals surface area contributed by atoms with Crippen LogP contribution in [0.2, 0.25) is 0 Å². The Kier molecular flexibility index (Phi) is 3.98. The summed E-state index contributed by atoms with van der Waals surface area (Å²) in [5.74, 6) is 0.0857. The first-order chi connectivity index (χ1) is 10.5. The fourth-order valence-corrected chi connectivity index (χ4v) is 2.99. The van der Waals surface area contributed by atoms with Crippen molar-refractivity contribution in [3.63, 3.8) is 0 Å². The molecule has 0 spiro atoms. The van der Waals surface area contributed by atoms with E-state index in [1.54, 1.807) is 0 Å². The van der Waals surface area contributed by atoms with Gasteiger partial charge in [0.1, 0.15) is 0 Å². The van der Waals surface area contributed by atoms with Crippen molar-refractivity contribution in [3.05, 3.63) is 47.8 Å². The third-order valence-electron chi connectivity index (χ3n) is 4.27. The van der Waals surface area contributed by atoms with Gasteiger partial charge in [0, 0.05) is 30.4 Å². The zero-order chi connectivity index (χ0) is 15.7. The van der Waals surface area contributed by atoms with Gasteiger partial charge in [-0.15, -0.1) is 0 Å². The Balaban J connectivity index is 1.76. The summed E-state index contributed by atoms with van der Waals surface area (Å²) in [6.07, 6.45) is 5.53. The van der Waals surface area contributed by atoms with Crippen molar-refractivity contribution in [3.8, 4) is 5.69 Å². The second-order valence-electron chi connectivity index (χ2n) is 6.14. The van der Waals surface area contributed by atoms with Crippen LogP contribution in [0.15, 0.2) is 36.7 Å². The summed E-state index contributed by atoms with van der Waals surface area (Å²) in [7, 11) is 0. The molecule has 22 heavy (non-hydrogen) atoms. The average Bonchev–Trinajstić information content (AvgIpc) is 2.93. The van der Waals surface area contributed by atoms with Crippen LogP contribution < -0.4 is 5.73 Å². The van der Waals surface area contributed by atoms with Crippen molar-refractivity contribution < 1.29 is 4.79 Å². The van der Waals surface area contributed by atoms with Gasteiger partial charge in [0.15, 0.2) is 0 Å². The van der Waals surface area contributed by atoms with Crippen LogP contribution in [0.3, 0.4) is 0 Å². The summed E-state index contributed by atoms with van der Waals surface area (Å²) in [6.45, 7) is 4.81. The van der Waals surface area contributed by atoms with Crippen molar-refractivity contribution in [2.45, 2.75) is 38.8 Å². The minimum absolute atomic E-state index is 0.0857. The normalized spacial score (nSPS) is 21.9. The van der Waals surface area contributed by atoms with Gasteiger partial charge in [0.05, 0.1) is 11.9 Å². The summed E-state index contributed by atoms with van der Waals surface area (Å²) in [5.41, 5.74) is 8.75. The second-order valence-corrected chi connectivity index (χ2v) is 6.14. The Morgan fingerprint density at radius 1 is 1.32 bits per heavy atom. The van der Waals surface area contributed by atoms with Crippen molar-refractivity contribution in [1.82, 2.24) is 14.7 Å². The van der Waals surface area contributed by atoms with Crippen LogP contribution in [0.25, 0.3) is 5.69 Å². The van der Waals surface area contributed by atoms with E-state index < -0.39 is 0 Å². The monoisotopic (exact) mass is 298 g/mol. The van der Waals surface area contributed by atoms with Crippen molar-refractivity contribution >= 4 is 5.91 Å². The lowest BCUT2D eigenvalue weighted by atomic mass is 9.98. The molecular formula is C17H22N4O. The van der Waals surface area contributed by atoms with Gasteiger partial charge < -0.3 is 10.6 Å². The van der Waals surface area contributed by atoms with Gasteiger partial charge in [-0.2, -0.15) is 5.10 Å². The lowest BCUT2D eigenvalue weighted by Gasteiger charge is -2.36. The highest BCUT2D eigenvalue weighted by Gasteiger charge is 2.27. The number of piperidine rings is 1. The number of rotatable bonds is 2. The number of nitrogens with zero attached hydrogens (tertiary/aromatic N) is 3. The molecule has 5 nitrogen and oxygen atoms in total. The van der Waals surface area contributed by atoms with Gasteiger partial charge in [-0.3, -0.25) is 4.79 Å². The number of benzene rings is 1. The van der Waals surface area contributed by atoms with Crippen LogP contribution in [0, 0.1) is 6.92 Å². The van der Waals surface area contributed by atoms with Crippen LogP contribution in [-0.4, -0.2) is 39.2 Å². The first-order valence-electron chi connectivity index (χ1n) is 7.73.